The number of hydrogen-bond donors (Lipinski definition) is 0. The fourth-order valence-electron chi connectivity index (χ4n) is 9.84. The van der Waals surface area contributed by atoms with E-state index in [1.54, 1.807) is 0 Å². The van der Waals surface area contributed by atoms with Crippen LogP contribution < -0.4 is 4.90 Å². The highest BCUT2D eigenvalue weighted by molar-refractivity contribution is 5.31. The largest absolute Gasteiger partial charge is 0.359 e. The van der Waals surface area contributed by atoms with Crippen LogP contribution in [0.15, 0.2) is 4.63 Å². The molecular formula is C22H30N2O2. The average Bonchev–Trinajstić information content (AvgIpc) is 2.95. The van der Waals surface area contributed by atoms with Gasteiger partial charge in [0.25, 0.3) is 0 Å². The highest BCUT2D eigenvalue weighted by Crippen LogP contribution is 2.64. The second-order valence-corrected chi connectivity index (χ2v) is 11.5. The normalized spacial score (nSPS) is 53.5. The van der Waals surface area contributed by atoms with Crippen LogP contribution in [0.5, 0.6) is 0 Å². The van der Waals surface area contributed by atoms with E-state index in [1.807, 2.05) is 0 Å². The van der Waals surface area contributed by atoms with Gasteiger partial charge in [0.05, 0.1) is 0 Å². The molecule has 0 aliphatic heterocycles. The summed E-state index contributed by atoms with van der Waals surface area (Å²) in [6.45, 7) is 0. The minimum absolute atomic E-state index is 0.0924. The van der Waals surface area contributed by atoms with Crippen molar-refractivity contribution in [3.8, 4) is 0 Å². The van der Waals surface area contributed by atoms with Gasteiger partial charge in [-0.1, -0.05) is 0 Å². The molecule has 0 amide bonds. The standard InChI is InChI=1S/C22H30N2O2/c25-24-20(22-10-16-4-17(11-22)6-18(5-16)12-22)19(23-26-24)21-7-13-1-14(8-21)3-15(2-13)9-21/h13-18H,1-12H2. The maximum absolute atomic E-state index is 12.9. The Bertz CT molecular complexity index is 696. The molecule has 0 spiro atoms. The highest BCUT2D eigenvalue weighted by Gasteiger charge is 2.61. The first-order valence-electron chi connectivity index (χ1n) is 11.2. The number of hydrogen-bond acceptors (Lipinski definition) is 3. The van der Waals surface area contributed by atoms with Crippen LogP contribution >= 0.6 is 0 Å². The fraction of sp³-hybridized carbons (Fsp3) is 0.909. The zero-order valence-corrected chi connectivity index (χ0v) is 15.7. The van der Waals surface area contributed by atoms with Crippen molar-refractivity contribution in [3.63, 3.8) is 0 Å². The molecule has 0 unspecified atom stereocenters. The van der Waals surface area contributed by atoms with Crippen molar-refractivity contribution in [1.29, 1.82) is 0 Å². The van der Waals surface area contributed by atoms with E-state index < -0.39 is 0 Å². The molecule has 4 nitrogen and oxygen atoms in total. The molecule has 1 aromatic heterocycles. The lowest BCUT2D eigenvalue weighted by Crippen LogP contribution is -2.55. The van der Waals surface area contributed by atoms with Gasteiger partial charge in [-0.2, -0.15) is 0 Å². The third-order valence-electron chi connectivity index (χ3n) is 9.69. The van der Waals surface area contributed by atoms with Crippen molar-refractivity contribution in [3.05, 3.63) is 16.6 Å². The first-order chi connectivity index (χ1) is 12.6. The predicted molar refractivity (Wildman–Crippen MR) is 95.2 cm³/mol. The van der Waals surface area contributed by atoms with Gasteiger partial charge in [-0.05, 0) is 117 Å². The molecule has 0 saturated heterocycles. The molecule has 8 fully saturated rings. The second-order valence-electron chi connectivity index (χ2n) is 11.5. The van der Waals surface area contributed by atoms with Crippen molar-refractivity contribution in [1.82, 2.24) is 5.16 Å². The first-order valence-corrected chi connectivity index (χ1v) is 11.2. The first kappa shape index (κ1) is 14.9. The van der Waals surface area contributed by atoms with Gasteiger partial charge in [0.1, 0.15) is 0 Å². The lowest BCUT2D eigenvalue weighted by molar-refractivity contribution is -0.811. The van der Waals surface area contributed by atoms with Crippen LogP contribution in [0.3, 0.4) is 0 Å². The van der Waals surface area contributed by atoms with Crippen LogP contribution in [0.25, 0.3) is 0 Å². The summed E-state index contributed by atoms with van der Waals surface area (Å²) in [7, 11) is 0. The van der Waals surface area contributed by atoms with Gasteiger partial charge in [0, 0.05) is 16.0 Å². The Morgan fingerprint density at radius 2 is 1.08 bits per heavy atom. The van der Waals surface area contributed by atoms with Gasteiger partial charge in [0.15, 0.2) is 0 Å². The van der Waals surface area contributed by atoms with Crippen molar-refractivity contribution >= 4 is 0 Å². The summed E-state index contributed by atoms with van der Waals surface area (Å²) in [6.07, 6.45) is 16.0. The maximum atomic E-state index is 12.9. The van der Waals surface area contributed by atoms with Gasteiger partial charge in [-0.25, -0.2) is 0 Å². The van der Waals surface area contributed by atoms with E-state index in [0.29, 0.717) is 0 Å². The fourth-order valence-corrected chi connectivity index (χ4v) is 9.84. The number of rotatable bonds is 2. The number of aromatic nitrogens is 2. The van der Waals surface area contributed by atoms with Crippen LogP contribution in [0.2, 0.25) is 0 Å². The topological polar surface area (TPSA) is 53.0 Å². The van der Waals surface area contributed by atoms with Crippen molar-refractivity contribution in [2.75, 3.05) is 0 Å². The Morgan fingerprint density at radius 1 is 0.692 bits per heavy atom. The van der Waals surface area contributed by atoms with Crippen LogP contribution in [-0.2, 0) is 10.8 Å². The minimum Gasteiger partial charge on any atom is -0.359 e. The summed E-state index contributed by atoms with van der Waals surface area (Å²) in [5.74, 6) is 5.17. The lowest BCUT2D eigenvalue weighted by atomic mass is 9.45. The molecule has 9 rings (SSSR count). The molecule has 0 N–H and O–H groups in total. The van der Waals surface area contributed by atoms with Gasteiger partial charge < -0.3 is 5.21 Å². The molecule has 4 heteroatoms. The zero-order chi connectivity index (χ0) is 17.1. The third kappa shape index (κ3) is 1.82. The van der Waals surface area contributed by atoms with E-state index in [-0.39, 0.29) is 10.8 Å². The third-order valence-corrected chi connectivity index (χ3v) is 9.69. The quantitative estimate of drug-likeness (QED) is 0.746. The van der Waals surface area contributed by atoms with E-state index in [1.165, 1.54) is 77.0 Å². The molecule has 8 bridgehead atoms. The van der Waals surface area contributed by atoms with E-state index in [2.05, 4.69) is 5.16 Å². The lowest BCUT2D eigenvalue weighted by Gasteiger charge is -2.57. The van der Waals surface area contributed by atoms with Crippen LogP contribution in [-0.4, -0.2) is 5.16 Å². The maximum Gasteiger partial charge on any atom is 0.227 e. The molecule has 8 aliphatic rings. The highest BCUT2D eigenvalue weighted by atomic mass is 16.8. The summed E-state index contributed by atoms with van der Waals surface area (Å²) in [6, 6.07) is 0. The predicted octanol–water partition coefficient (Wildman–Crippen LogP) is 4.24. The minimum atomic E-state index is 0.0924. The molecule has 26 heavy (non-hydrogen) atoms. The summed E-state index contributed by atoms with van der Waals surface area (Å²) < 4.78 is 5.39. The summed E-state index contributed by atoms with van der Waals surface area (Å²) >= 11 is 0. The van der Waals surface area contributed by atoms with Gasteiger partial charge in [-0.15, -0.1) is 0 Å². The molecule has 1 heterocycles. The molecule has 0 aromatic carbocycles. The molecule has 0 radical (unpaired) electrons. The van der Waals surface area contributed by atoms with Crippen LogP contribution in [0.4, 0.5) is 0 Å². The summed E-state index contributed by atoms with van der Waals surface area (Å²) in [5, 5.41) is 17.5. The zero-order valence-electron chi connectivity index (χ0n) is 15.7. The summed E-state index contributed by atoms with van der Waals surface area (Å²) in [4.78, 5) is 0.876. The SMILES string of the molecule is [O-][n+]1onc(C23CC4CC(CC(C4)C2)C3)c1C12CC3CC(CC(C3)C1)C2. The second kappa shape index (κ2) is 4.67. The summed E-state index contributed by atoms with van der Waals surface area (Å²) in [5.41, 5.74) is 2.41. The molecule has 140 valence electrons. The average molecular weight is 354 g/mol. The van der Waals surface area contributed by atoms with Crippen molar-refractivity contribution in [2.24, 2.45) is 35.5 Å². The van der Waals surface area contributed by atoms with Gasteiger partial charge >= 0.3 is 0 Å². The Morgan fingerprint density at radius 3 is 1.50 bits per heavy atom. The van der Waals surface area contributed by atoms with Crippen molar-refractivity contribution < 1.29 is 9.53 Å². The van der Waals surface area contributed by atoms with E-state index in [9.17, 15) is 5.21 Å². The Labute approximate surface area is 155 Å². The Balaban J connectivity index is 1.36. The van der Waals surface area contributed by atoms with Crippen LogP contribution in [0.1, 0.15) is 88.4 Å². The van der Waals surface area contributed by atoms with E-state index >= 15 is 0 Å². The van der Waals surface area contributed by atoms with Gasteiger partial charge in [0.2, 0.25) is 11.4 Å². The Kier molecular flexibility index (Phi) is 2.68. The molecule has 0 atom stereocenters. The smallest absolute Gasteiger partial charge is 0.227 e. The number of nitrogens with zero attached hydrogens (tertiary/aromatic N) is 2. The van der Waals surface area contributed by atoms with E-state index in [0.717, 1.165) is 51.8 Å². The molecular weight excluding hydrogens is 324 g/mol. The van der Waals surface area contributed by atoms with Crippen molar-refractivity contribution in [2.45, 2.75) is 87.9 Å². The molecule has 1 aromatic rings. The Hall–Kier alpha value is -1.06. The monoisotopic (exact) mass is 354 g/mol. The molecule has 8 aliphatic carbocycles. The van der Waals surface area contributed by atoms with E-state index in [4.69, 9.17) is 4.63 Å². The molecule has 8 saturated carbocycles. The van der Waals surface area contributed by atoms with Crippen LogP contribution in [0, 0.1) is 40.7 Å². The van der Waals surface area contributed by atoms with Gasteiger partial charge in [-0.3, -0.25) is 4.63 Å².